The van der Waals surface area contributed by atoms with E-state index in [-0.39, 0.29) is 39.1 Å². The van der Waals surface area contributed by atoms with Crippen LogP contribution in [0.1, 0.15) is 73.1 Å². The molecule has 6 unspecified atom stereocenters. The molecule has 0 aromatic rings. The minimum absolute atomic E-state index is 0.00722. The van der Waals surface area contributed by atoms with E-state index in [1.807, 2.05) is 0 Å². The first kappa shape index (κ1) is 57.6. The summed E-state index contributed by atoms with van der Waals surface area (Å²) in [6, 6.07) is 0. The summed E-state index contributed by atoms with van der Waals surface area (Å²) in [4.78, 5) is 80.3. The number of esters is 6. The highest BCUT2D eigenvalue weighted by Gasteiger charge is 2.35. The molecule has 0 radical (unpaired) electrons. The first-order chi connectivity index (χ1) is 28.7. The maximum absolute atomic E-state index is 13.5. The number of rotatable bonds is 38. The van der Waals surface area contributed by atoms with E-state index in [1.165, 1.54) is 39.6 Å². The van der Waals surface area contributed by atoms with E-state index < -0.39 is 72.4 Å². The van der Waals surface area contributed by atoms with Gasteiger partial charge >= 0.3 is 35.8 Å². The second-order valence-electron chi connectivity index (χ2n) is 13.2. The van der Waals surface area contributed by atoms with Gasteiger partial charge in [0.05, 0.1) is 26.4 Å². The summed E-state index contributed by atoms with van der Waals surface area (Å²) in [5, 5.41) is 18.7. The van der Waals surface area contributed by atoms with Crippen molar-refractivity contribution in [3.8, 4) is 0 Å². The Labute approximate surface area is 368 Å². The molecule has 0 amide bonds. The van der Waals surface area contributed by atoms with E-state index in [2.05, 4.69) is 18.7 Å². The number of hydrogen-bond acceptors (Lipinski definition) is 21. The lowest BCUT2D eigenvalue weighted by Gasteiger charge is -2.23. The fourth-order valence-corrected chi connectivity index (χ4v) is 7.23. The number of hydrogen-bond donors (Lipinski definition) is 3. The normalized spacial score (nSPS) is 14.3. The van der Waals surface area contributed by atoms with Gasteiger partial charge in [-0.3, -0.25) is 0 Å². The van der Waals surface area contributed by atoms with Crippen LogP contribution in [0.5, 0.6) is 0 Å². The van der Waals surface area contributed by atoms with Crippen LogP contribution in [0.2, 0.25) is 0 Å². The van der Waals surface area contributed by atoms with E-state index in [4.69, 9.17) is 48.7 Å². The maximum Gasteiger partial charge on any atom is 0.348 e. The number of thioether (sulfide) groups is 3. The number of ether oxygens (including phenoxy) is 8. The summed E-state index contributed by atoms with van der Waals surface area (Å²) >= 11 is 4.65. The topological polar surface area (TPSA) is 246 Å². The Balaban J connectivity index is 5.81. The minimum atomic E-state index is -1.55. The predicted octanol–water partition coefficient (Wildman–Crippen LogP) is 2.01. The monoisotopic (exact) mass is 918 g/mol. The first-order valence-corrected chi connectivity index (χ1v) is 23.9. The highest BCUT2D eigenvalue weighted by atomic mass is 32.2. The molecule has 0 aromatic carbocycles. The quantitative estimate of drug-likeness (QED) is 0.0455. The molecule has 0 aliphatic carbocycles. The number of nitrogens with two attached hydrogens (primary N) is 1. The van der Waals surface area contributed by atoms with Crippen LogP contribution in [0, 0.1) is 0 Å². The van der Waals surface area contributed by atoms with Crippen molar-refractivity contribution in [3.63, 3.8) is 0 Å². The van der Waals surface area contributed by atoms with Crippen molar-refractivity contribution in [1.29, 1.82) is 0 Å². The second kappa shape index (κ2) is 37.2. The highest BCUT2D eigenvalue weighted by molar-refractivity contribution is 7.99. The zero-order valence-corrected chi connectivity index (χ0v) is 38.6. The van der Waals surface area contributed by atoms with Crippen LogP contribution < -0.4 is 5.73 Å². The van der Waals surface area contributed by atoms with Crippen molar-refractivity contribution in [3.05, 3.63) is 0 Å². The Morgan fingerprint density at radius 2 is 1.03 bits per heavy atom. The van der Waals surface area contributed by atoms with Crippen LogP contribution in [0.15, 0.2) is 0 Å². The van der Waals surface area contributed by atoms with Gasteiger partial charge in [0.15, 0.2) is 30.5 Å². The van der Waals surface area contributed by atoms with Crippen LogP contribution in [0.4, 0.5) is 0 Å². The molecule has 6 atom stereocenters. The standard InChI is InChI=1S/C39H70N2O16S3/c1-7-41(8-2)16-26-59-23-11-14-33(57-36(46)30(5)53-38(48)32(55-34(44)28(3)43)13-10-22-58-25-15-40)39(49)54-29(4)35(45)56-31(12-9-24-60-27-17-42)37(47)52-21-20-51-19-18-50-6/h28-33,42-43H,7-27,40H2,1-6H3. The van der Waals surface area contributed by atoms with Crippen LogP contribution in [-0.4, -0.2) is 188 Å². The van der Waals surface area contributed by atoms with Crippen LogP contribution in [-0.2, 0) is 66.7 Å². The Kier molecular flexibility index (Phi) is 35.7. The number of aliphatic hydroxyl groups is 2. The maximum atomic E-state index is 13.5. The zero-order chi connectivity index (χ0) is 45.1. The molecule has 0 fully saturated rings. The molecule has 350 valence electrons. The number of carbonyl (C=O) groups excluding carboxylic acids is 6. The van der Waals surface area contributed by atoms with Gasteiger partial charge in [0.1, 0.15) is 12.7 Å². The molecule has 0 aliphatic rings. The number of carbonyl (C=O) groups is 6. The summed E-state index contributed by atoms with van der Waals surface area (Å²) in [7, 11) is 1.52. The fourth-order valence-electron chi connectivity index (χ4n) is 4.82. The fraction of sp³-hybridized carbons (Fsp3) is 0.846. The molecule has 0 aromatic heterocycles. The van der Waals surface area contributed by atoms with Gasteiger partial charge in [0.2, 0.25) is 0 Å². The molecule has 21 heteroatoms. The molecule has 0 heterocycles. The van der Waals surface area contributed by atoms with Crippen molar-refractivity contribution in [2.24, 2.45) is 5.73 Å². The lowest BCUT2D eigenvalue weighted by Crippen LogP contribution is -2.40. The van der Waals surface area contributed by atoms with Gasteiger partial charge in [-0.05, 0) is 89.6 Å². The van der Waals surface area contributed by atoms with Crippen molar-refractivity contribution < 1.29 is 76.9 Å². The summed E-state index contributed by atoms with van der Waals surface area (Å²) in [6.07, 6.45) is -7.37. The molecule has 4 N–H and O–H groups in total. The largest absolute Gasteiger partial charge is 0.460 e. The SMILES string of the molecule is CCN(CC)CCSCCCC(OC(=O)C(C)OC(=O)C(CCCSCCN)OC(=O)C(C)O)C(=O)OC(C)C(=O)OC(CCCSCCO)C(=O)OCCOCCOC. The lowest BCUT2D eigenvalue weighted by molar-refractivity contribution is -0.189. The molecular weight excluding hydrogens is 849 g/mol. The Bertz CT molecular complexity index is 1200. The van der Waals surface area contributed by atoms with Gasteiger partial charge < -0.3 is 58.7 Å². The Morgan fingerprint density at radius 1 is 0.583 bits per heavy atom. The Morgan fingerprint density at radius 3 is 1.48 bits per heavy atom. The molecule has 0 saturated heterocycles. The molecule has 0 bridgehead atoms. The van der Waals surface area contributed by atoms with Crippen molar-refractivity contribution >= 4 is 71.1 Å². The average molecular weight is 919 g/mol. The smallest absolute Gasteiger partial charge is 0.348 e. The first-order valence-electron chi connectivity index (χ1n) is 20.5. The van der Waals surface area contributed by atoms with Gasteiger partial charge in [0.25, 0.3) is 0 Å². The van der Waals surface area contributed by atoms with Crippen molar-refractivity contribution in [2.45, 2.75) is 110 Å². The molecule has 0 rings (SSSR count). The van der Waals surface area contributed by atoms with E-state index >= 15 is 0 Å². The highest BCUT2D eigenvalue weighted by Crippen LogP contribution is 2.17. The number of aliphatic hydroxyl groups excluding tert-OH is 2. The molecule has 0 aliphatic heterocycles. The summed E-state index contributed by atoms with van der Waals surface area (Å²) < 4.78 is 42.3. The van der Waals surface area contributed by atoms with E-state index in [1.54, 1.807) is 23.5 Å². The number of nitrogens with zero attached hydrogens (tertiary/aromatic N) is 1. The molecule has 0 spiro atoms. The summed E-state index contributed by atoms with van der Waals surface area (Å²) in [6.45, 7) is 11.6. The molecular formula is C39H70N2O16S3. The van der Waals surface area contributed by atoms with Crippen molar-refractivity contribution in [2.75, 3.05) is 101 Å². The van der Waals surface area contributed by atoms with Crippen LogP contribution in [0.25, 0.3) is 0 Å². The average Bonchev–Trinajstić information content (AvgIpc) is 3.22. The van der Waals surface area contributed by atoms with Gasteiger partial charge in [-0.25, -0.2) is 28.8 Å². The van der Waals surface area contributed by atoms with E-state index in [0.717, 1.165) is 25.4 Å². The van der Waals surface area contributed by atoms with Crippen LogP contribution >= 0.6 is 35.3 Å². The molecule has 18 nitrogen and oxygen atoms in total. The number of methoxy groups -OCH3 is 1. The third kappa shape index (κ3) is 28.3. The zero-order valence-electron chi connectivity index (χ0n) is 36.2. The molecule has 0 saturated carbocycles. The van der Waals surface area contributed by atoms with Gasteiger partial charge in [0, 0.05) is 37.5 Å². The van der Waals surface area contributed by atoms with E-state index in [9.17, 15) is 33.9 Å². The van der Waals surface area contributed by atoms with Crippen molar-refractivity contribution in [1.82, 2.24) is 4.90 Å². The molecule has 60 heavy (non-hydrogen) atoms. The summed E-state index contributed by atoms with van der Waals surface area (Å²) in [5.41, 5.74) is 5.52. The third-order valence-corrected chi connectivity index (χ3v) is 11.5. The van der Waals surface area contributed by atoms with Gasteiger partial charge in [-0.2, -0.15) is 35.3 Å². The van der Waals surface area contributed by atoms with Gasteiger partial charge in [-0.1, -0.05) is 13.8 Å². The lowest BCUT2D eigenvalue weighted by atomic mass is 10.2. The Hall–Kier alpha value is -2.37. The van der Waals surface area contributed by atoms with Crippen LogP contribution in [0.3, 0.4) is 0 Å². The summed E-state index contributed by atoms with van der Waals surface area (Å²) in [5.74, 6) is -2.28. The van der Waals surface area contributed by atoms with E-state index in [0.29, 0.717) is 67.8 Å². The van der Waals surface area contributed by atoms with Gasteiger partial charge in [-0.15, -0.1) is 0 Å². The minimum Gasteiger partial charge on any atom is -0.460 e. The predicted molar refractivity (Wildman–Crippen MR) is 230 cm³/mol. The second-order valence-corrected chi connectivity index (χ2v) is 16.9. The third-order valence-electron chi connectivity index (χ3n) is 8.27.